The van der Waals surface area contributed by atoms with Crippen molar-refractivity contribution < 1.29 is 18.8 Å². The highest BCUT2D eigenvalue weighted by molar-refractivity contribution is 6.31. The zero-order valence-electron chi connectivity index (χ0n) is 19.5. The predicted octanol–water partition coefficient (Wildman–Crippen LogP) is 3.85. The molecule has 34 heavy (non-hydrogen) atoms. The van der Waals surface area contributed by atoms with Gasteiger partial charge in [-0.2, -0.15) is 0 Å². The van der Waals surface area contributed by atoms with E-state index in [1.165, 1.54) is 0 Å². The summed E-state index contributed by atoms with van der Waals surface area (Å²) in [5.41, 5.74) is 1.73. The molecular weight excluding hydrogens is 456 g/mol. The van der Waals surface area contributed by atoms with Crippen LogP contribution in [-0.2, 0) is 16.1 Å². The van der Waals surface area contributed by atoms with Crippen LogP contribution >= 0.6 is 11.6 Å². The van der Waals surface area contributed by atoms with Crippen molar-refractivity contribution in [2.75, 3.05) is 13.1 Å². The van der Waals surface area contributed by atoms with Gasteiger partial charge < -0.3 is 20.0 Å². The van der Waals surface area contributed by atoms with Gasteiger partial charge in [0.15, 0.2) is 0 Å². The molecule has 0 saturated carbocycles. The van der Waals surface area contributed by atoms with Gasteiger partial charge in [-0.15, -0.1) is 0 Å². The summed E-state index contributed by atoms with van der Waals surface area (Å²) >= 11 is 6.44. The Morgan fingerprint density at radius 3 is 2.65 bits per heavy atom. The van der Waals surface area contributed by atoms with Crippen LogP contribution in [0.5, 0.6) is 0 Å². The van der Waals surface area contributed by atoms with E-state index < -0.39 is 12.1 Å². The highest BCUT2D eigenvalue weighted by atomic mass is 35.5. The highest BCUT2D eigenvalue weighted by Crippen LogP contribution is 2.39. The average Bonchev–Trinajstić information content (AvgIpc) is 3.44. The number of carbonyl (C=O) groups excluding carboxylic acids is 3. The van der Waals surface area contributed by atoms with Gasteiger partial charge in [0, 0.05) is 11.6 Å². The normalized spacial score (nSPS) is 18.9. The van der Waals surface area contributed by atoms with Crippen LogP contribution in [0.4, 0.5) is 4.79 Å². The van der Waals surface area contributed by atoms with Crippen molar-refractivity contribution >= 4 is 29.4 Å². The third-order valence-electron chi connectivity index (χ3n) is 6.17. The van der Waals surface area contributed by atoms with Crippen molar-refractivity contribution in [1.82, 2.24) is 20.4 Å². The third kappa shape index (κ3) is 4.55. The molecule has 2 aliphatic rings. The number of furan rings is 1. The Labute approximate surface area is 203 Å². The SMILES string of the molecule is CCN1C(=O)N[C@H](c2ccccc2Cl)C2=C1CN([C@H](CC(C)C)C(=O)NCc1ccco1)C2=O. The smallest absolute Gasteiger partial charge is 0.322 e. The summed E-state index contributed by atoms with van der Waals surface area (Å²) in [4.78, 5) is 43.1. The second-order valence-corrected chi connectivity index (χ2v) is 9.29. The quantitative estimate of drug-likeness (QED) is 0.595. The molecule has 2 aromatic rings. The van der Waals surface area contributed by atoms with Gasteiger partial charge >= 0.3 is 6.03 Å². The molecule has 0 unspecified atom stereocenters. The standard InChI is InChI=1S/C25H29ClN4O4/c1-4-29-20-14-30(19(12-15(2)3)23(31)27-13-16-8-7-11-34-16)24(32)21(20)22(28-25(29)33)17-9-5-6-10-18(17)26/h5-11,15,19,22H,4,12-14H2,1-3H3,(H,27,31)(H,28,33)/t19-,22-/m1/s1. The number of likely N-dealkylation sites (N-methyl/N-ethyl adjacent to an activating group) is 1. The van der Waals surface area contributed by atoms with Gasteiger partial charge in [-0.1, -0.05) is 43.6 Å². The topological polar surface area (TPSA) is 94.9 Å². The Hall–Kier alpha value is -3.26. The van der Waals surface area contributed by atoms with E-state index in [9.17, 15) is 14.4 Å². The molecular formula is C25H29ClN4O4. The van der Waals surface area contributed by atoms with Crippen molar-refractivity contribution in [2.24, 2.45) is 5.92 Å². The molecule has 8 nitrogen and oxygen atoms in total. The minimum absolute atomic E-state index is 0.172. The van der Waals surface area contributed by atoms with Gasteiger partial charge in [-0.25, -0.2) is 4.79 Å². The maximum absolute atomic E-state index is 13.8. The fourth-order valence-corrected chi connectivity index (χ4v) is 4.81. The van der Waals surface area contributed by atoms with Crippen molar-refractivity contribution in [3.63, 3.8) is 0 Å². The lowest BCUT2D eigenvalue weighted by Gasteiger charge is -2.33. The lowest BCUT2D eigenvalue weighted by molar-refractivity contribution is -0.137. The number of hydrogen-bond donors (Lipinski definition) is 2. The Bertz CT molecular complexity index is 1110. The van der Waals surface area contributed by atoms with E-state index in [0.717, 1.165) is 0 Å². The fourth-order valence-electron chi connectivity index (χ4n) is 4.57. The molecule has 4 amide bonds. The molecule has 180 valence electrons. The second kappa shape index (κ2) is 9.93. The monoisotopic (exact) mass is 484 g/mol. The van der Waals surface area contributed by atoms with E-state index in [0.29, 0.717) is 40.6 Å². The molecule has 2 N–H and O–H groups in total. The summed E-state index contributed by atoms with van der Waals surface area (Å²) in [6.07, 6.45) is 2.04. The predicted molar refractivity (Wildman–Crippen MR) is 128 cm³/mol. The zero-order chi connectivity index (χ0) is 24.4. The van der Waals surface area contributed by atoms with Crippen molar-refractivity contribution in [1.29, 1.82) is 0 Å². The molecule has 1 aromatic heterocycles. The highest BCUT2D eigenvalue weighted by Gasteiger charge is 2.47. The fraction of sp³-hybridized carbons (Fsp3) is 0.400. The Morgan fingerprint density at radius 1 is 1.24 bits per heavy atom. The Morgan fingerprint density at radius 2 is 2.00 bits per heavy atom. The maximum atomic E-state index is 13.8. The van der Waals surface area contributed by atoms with E-state index in [2.05, 4.69) is 10.6 Å². The molecule has 9 heteroatoms. The molecule has 1 aromatic carbocycles. The number of nitrogens with zero attached hydrogens (tertiary/aromatic N) is 2. The van der Waals surface area contributed by atoms with Crippen LogP contribution in [0, 0.1) is 5.92 Å². The molecule has 2 aliphatic heterocycles. The van der Waals surface area contributed by atoms with Crippen LogP contribution in [0.15, 0.2) is 58.3 Å². The van der Waals surface area contributed by atoms with E-state index in [1.54, 1.807) is 46.4 Å². The number of carbonyl (C=O) groups is 3. The van der Waals surface area contributed by atoms with Crippen LogP contribution in [0.25, 0.3) is 0 Å². The van der Waals surface area contributed by atoms with Crippen molar-refractivity contribution in [3.8, 4) is 0 Å². The number of nitrogens with one attached hydrogen (secondary N) is 2. The van der Waals surface area contributed by atoms with Gasteiger partial charge in [0.1, 0.15) is 11.8 Å². The first-order valence-corrected chi connectivity index (χ1v) is 11.9. The van der Waals surface area contributed by atoms with Crippen molar-refractivity contribution in [2.45, 2.75) is 45.8 Å². The van der Waals surface area contributed by atoms with Gasteiger partial charge in [-0.05, 0) is 43.0 Å². The van der Waals surface area contributed by atoms with E-state index in [1.807, 2.05) is 26.8 Å². The lowest BCUT2D eigenvalue weighted by Crippen LogP contribution is -2.49. The zero-order valence-corrected chi connectivity index (χ0v) is 20.3. The minimum Gasteiger partial charge on any atom is -0.467 e. The number of amides is 4. The van der Waals surface area contributed by atoms with Crippen molar-refractivity contribution in [3.05, 3.63) is 70.3 Å². The number of hydrogen-bond acceptors (Lipinski definition) is 4. The third-order valence-corrected chi connectivity index (χ3v) is 6.52. The van der Waals surface area contributed by atoms with Gasteiger partial charge in [-0.3, -0.25) is 14.5 Å². The van der Waals surface area contributed by atoms with E-state index in [-0.39, 0.29) is 36.9 Å². The van der Waals surface area contributed by atoms with E-state index >= 15 is 0 Å². The van der Waals surface area contributed by atoms with Crippen LogP contribution in [-0.4, -0.2) is 46.8 Å². The van der Waals surface area contributed by atoms with Crippen LogP contribution in [0.1, 0.15) is 44.6 Å². The molecule has 4 rings (SSSR count). The summed E-state index contributed by atoms with van der Waals surface area (Å²) < 4.78 is 5.31. The van der Waals surface area contributed by atoms with Crippen LogP contribution < -0.4 is 10.6 Å². The first kappa shape index (κ1) is 23.9. The molecule has 2 atom stereocenters. The molecule has 0 fully saturated rings. The summed E-state index contributed by atoms with van der Waals surface area (Å²) in [6, 6.07) is 9.04. The van der Waals surface area contributed by atoms with E-state index in [4.69, 9.17) is 16.0 Å². The first-order valence-electron chi connectivity index (χ1n) is 11.5. The first-order chi connectivity index (χ1) is 16.3. The van der Waals surface area contributed by atoms with Gasteiger partial charge in [0.05, 0.1) is 36.7 Å². The summed E-state index contributed by atoms with van der Waals surface area (Å²) in [5, 5.41) is 6.29. The van der Waals surface area contributed by atoms with Crippen LogP contribution in [0.3, 0.4) is 0 Å². The number of halogens is 1. The average molecular weight is 485 g/mol. The molecule has 0 aliphatic carbocycles. The van der Waals surface area contributed by atoms with Gasteiger partial charge in [0.2, 0.25) is 5.91 Å². The van der Waals surface area contributed by atoms with Gasteiger partial charge in [0.25, 0.3) is 5.91 Å². The molecule has 0 saturated heterocycles. The summed E-state index contributed by atoms with van der Waals surface area (Å²) in [5.74, 6) is 0.283. The number of urea groups is 1. The maximum Gasteiger partial charge on any atom is 0.322 e. The molecule has 3 heterocycles. The largest absolute Gasteiger partial charge is 0.467 e. The minimum atomic E-state index is -0.686. The number of rotatable bonds is 8. The number of benzene rings is 1. The molecule has 0 radical (unpaired) electrons. The summed E-state index contributed by atoms with van der Waals surface area (Å²) in [7, 11) is 0. The Balaban J connectivity index is 1.66. The molecule has 0 bridgehead atoms. The lowest BCUT2D eigenvalue weighted by atomic mass is 9.95. The Kier molecular flexibility index (Phi) is 6.97. The second-order valence-electron chi connectivity index (χ2n) is 8.88. The molecule has 0 spiro atoms. The summed E-state index contributed by atoms with van der Waals surface area (Å²) in [6.45, 7) is 6.70. The van der Waals surface area contributed by atoms with Crippen LogP contribution in [0.2, 0.25) is 5.02 Å².